The highest BCUT2D eigenvalue weighted by molar-refractivity contribution is 5.77. The molecule has 0 aliphatic carbocycles. The molecule has 0 radical (unpaired) electrons. The van der Waals surface area contributed by atoms with Gasteiger partial charge in [0, 0.05) is 19.8 Å². The number of rotatable bonds is 53. The van der Waals surface area contributed by atoms with Crippen LogP contribution < -0.4 is 10.6 Å². The van der Waals surface area contributed by atoms with E-state index in [1.165, 1.54) is 161 Å². The Kier molecular flexibility index (Phi) is 43.3. The Morgan fingerprint density at radius 1 is 0.539 bits per heavy atom. The summed E-state index contributed by atoms with van der Waals surface area (Å²) in [6, 6.07) is -2.52. The van der Waals surface area contributed by atoms with Crippen LogP contribution in [0.2, 0.25) is 0 Å². The molecule has 23 heteroatoms. The van der Waals surface area contributed by atoms with E-state index in [0.29, 0.717) is 19.3 Å². The van der Waals surface area contributed by atoms with Crippen molar-refractivity contribution in [2.24, 2.45) is 0 Å². The SMILES string of the molecule is CCCCCCCCCCCCCCCCCCCCCCC(O)C(COC1OC(CO)C(OC2OC(CO)C(O)C(OC3(C(=O)O)CC(O)C(NC(C)=O)C(C(O)C(O)CO)O3)C2O)C(O)C1O)NC(=O)CCCCCCCCCCCCCCCCC. The van der Waals surface area contributed by atoms with Crippen molar-refractivity contribution in [3.05, 3.63) is 0 Å². The van der Waals surface area contributed by atoms with Gasteiger partial charge < -0.3 is 100 Å². The summed E-state index contributed by atoms with van der Waals surface area (Å²) in [6.45, 7) is 2.22. The number of ether oxygens (including phenoxy) is 6. The van der Waals surface area contributed by atoms with Gasteiger partial charge in [-0.2, -0.15) is 0 Å². The average molecular weight is 1280 g/mol. The van der Waals surface area contributed by atoms with Crippen LogP contribution in [0, 0.1) is 0 Å². The first kappa shape index (κ1) is 81.0. The molecule has 18 unspecified atom stereocenters. The van der Waals surface area contributed by atoms with Crippen molar-refractivity contribution in [1.29, 1.82) is 0 Å². The second-order valence-electron chi connectivity index (χ2n) is 25.8. The highest BCUT2D eigenvalue weighted by atomic mass is 16.8. The molecule has 3 heterocycles. The minimum Gasteiger partial charge on any atom is -0.477 e. The predicted molar refractivity (Wildman–Crippen MR) is 334 cm³/mol. The van der Waals surface area contributed by atoms with Crippen molar-refractivity contribution in [1.82, 2.24) is 10.6 Å². The fraction of sp³-hybridized carbons (Fsp3) is 0.955. The van der Waals surface area contributed by atoms with Crippen molar-refractivity contribution in [3.63, 3.8) is 0 Å². The lowest BCUT2D eigenvalue weighted by atomic mass is 9.88. The molecule has 0 saturated carbocycles. The number of aliphatic carboxylic acids is 1. The van der Waals surface area contributed by atoms with E-state index in [4.69, 9.17) is 28.4 Å². The molecule has 0 aromatic heterocycles. The van der Waals surface area contributed by atoms with E-state index in [-0.39, 0.29) is 18.9 Å². The van der Waals surface area contributed by atoms with Crippen LogP contribution in [0.3, 0.4) is 0 Å². The molecule has 0 spiro atoms. The largest absolute Gasteiger partial charge is 0.477 e. The second kappa shape index (κ2) is 47.6. The molecular weight excluding hydrogens is 1160 g/mol. The predicted octanol–water partition coefficient (Wildman–Crippen LogP) is 6.12. The maximum Gasteiger partial charge on any atom is 0.364 e. The number of carbonyl (C=O) groups excluding carboxylic acids is 2. The Labute approximate surface area is 531 Å². The zero-order valence-corrected chi connectivity index (χ0v) is 54.6. The summed E-state index contributed by atoms with van der Waals surface area (Å²) >= 11 is 0. The lowest BCUT2D eigenvalue weighted by Crippen LogP contribution is -2.70. The molecule has 23 nitrogen and oxygen atoms in total. The summed E-state index contributed by atoms with van der Waals surface area (Å²) in [6.07, 6.45) is 13.9. The normalized spacial score (nSPS) is 28.7. The topological polar surface area (TPSA) is 373 Å². The van der Waals surface area contributed by atoms with Crippen LogP contribution in [0.25, 0.3) is 0 Å². The third kappa shape index (κ3) is 30.3. The molecule has 3 aliphatic heterocycles. The lowest BCUT2D eigenvalue weighted by Gasteiger charge is -2.50. The summed E-state index contributed by atoms with van der Waals surface area (Å²) in [5, 5.41) is 136. The van der Waals surface area contributed by atoms with Crippen molar-refractivity contribution in [3.8, 4) is 0 Å². The first-order valence-electron chi connectivity index (χ1n) is 34.9. The number of aliphatic hydroxyl groups excluding tert-OH is 11. The van der Waals surface area contributed by atoms with Crippen LogP contribution >= 0.6 is 0 Å². The van der Waals surface area contributed by atoms with E-state index in [1.54, 1.807) is 0 Å². The van der Waals surface area contributed by atoms with Gasteiger partial charge in [0.2, 0.25) is 11.8 Å². The molecule has 524 valence electrons. The number of hydrogen-bond acceptors (Lipinski definition) is 20. The van der Waals surface area contributed by atoms with Crippen molar-refractivity contribution < 1.29 is 104 Å². The molecule has 3 aliphatic rings. The molecule has 18 atom stereocenters. The van der Waals surface area contributed by atoms with Crippen molar-refractivity contribution >= 4 is 17.8 Å². The quantitative estimate of drug-likeness (QED) is 0.0305. The zero-order valence-electron chi connectivity index (χ0n) is 54.6. The van der Waals surface area contributed by atoms with E-state index in [2.05, 4.69) is 24.5 Å². The van der Waals surface area contributed by atoms with Gasteiger partial charge in [0.05, 0.1) is 50.7 Å². The van der Waals surface area contributed by atoms with Crippen LogP contribution in [-0.4, -0.2) is 215 Å². The van der Waals surface area contributed by atoms with Gasteiger partial charge in [-0.1, -0.05) is 232 Å². The Bertz CT molecular complexity index is 1810. The summed E-state index contributed by atoms with van der Waals surface area (Å²) in [5.41, 5.74) is 0. The van der Waals surface area contributed by atoms with Gasteiger partial charge in [-0.05, 0) is 12.8 Å². The molecule has 0 bridgehead atoms. The van der Waals surface area contributed by atoms with Crippen molar-refractivity contribution in [2.45, 2.75) is 375 Å². The van der Waals surface area contributed by atoms with Gasteiger partial charge in [0.15, 0.2) is 12.6 Å². The Hall–Kier alpha value is -2.27. The van der Waals surface area contributed by atoms with Crippen LogP contribution in [0.1, 0.15) is 265 Å². The van der Waals surface area contributed by atoms with E-state index >= 15 is 0 Å². The number of aliphatic hydroxyl groups is 11. The monoisotopic (exact) mass is 1280 g/mol. The maximum absolute atomic E-state index is 13.5. The third-order valence-electron chi connectivity index (χ3n) is 18.1. The smallest absolute Gasteiger partial charge is 0.364 e. The third-order valence-corrected chi connectivity index (χ3v) is 18.1. The molecule has 14 N–H and O–H groups in total. The molecule has 3 rings (SSSR count). The second-order valence-corrected chi connectivity index (χ2v) is 25.8. The highest BCUT2D eigenvalue weighted by Crippen LogP contribution is 2.39. The van der Waals surface area contributed by atoms with Crippen LogP contribution in [-0.2, 0) is 42.8 Å². The Morgan fingerprint density at radius 2 is 0.978 bits per heavy atom. The summed E-state index contributed by atoms with van der Waals surface area (Å²) in [4.78, 5) is 38.5. The first-order chi connectivity index (χ1) is 42.9. The minimum atomic E-state index is -3.08. The zero-order chi connectivity index (χ0) is 65.4. The van der Waals surface area contributed by atoms with Crippen molar-refractivity contribution in [2.75, 3.05) is 26.4 Å². The number of carboxylic acid groups (broad SMARTS) is 1. The highest BCUT2D eigenvalue weighted by Gasteiger charge is 2.60. The van der Waals surface area contributed by atoms with E-state index < -0.39 is 148 Å². The minimum absolute atomic E-state index is 0.229. The molecule has 89 heavy (non-hydrogen) atoms. The number of amides is 2. The Morgan fingerprint density at radius 3 is 1.40 bits per heavy atom. The number of hydrogen-bond donors (Lipinski definition) is 14. The van der Waals surface area contributed by atoms with Crippen LogP contribution in [0.4, 0.5) is 0 Å². The Balaban J connectivity index is 1.59. The van der Waals surface area contributed by atoms with Gasteiger partial charge in [-0.25, -0.2) is 4.79 Å². The molecule has 3 saturated heterocycles. The van der Waals surface area contributed by atoms with Gasteiger partial charge in [-0.3, -0.25) is 9.59 Å². The fourth-order valence-corrected chi connectivity index (χ4v) is 12.5. The summed E-state index contributed by atoms with van der Waals surface area (Å²) in [7, 11) is 0. The van der Waals surface area contributed by atoms with E-state index in [9.17, 15) is 75.7 Å². The molecule has 3 fully saturated rings. The average Bonchev–Trinajstić information content (AvgIpc) is 0.872. The van der Waals surface area contributed by atoms with Gasteiger partial charge in [-0.15, -0.1) is 0 Å². The fourth-order valence-electron chi connectivity index (χ4n) is 12.5. The summed E-state index contributed by atoms with van der Waals surface area (Å²) < 4.78 is 34.9. The molecular formula is C66H124N2O21. The number of unbranched alkanes of at least 4 members (excludes halogenated alkanes) is 33. The molecule has 0 aromatic rings. The molecule has 0 aromatic carbocycles. The van der Waals surface area contributed by atoms with Gasteiger partial charge in [0.25, 0.3) is 5.79 Å². The van der Waals surface area contributed by atoms with E-state index in [1.807, 2.05) is 0 Å². The molecule has 2 amide bonds. The summed E-state index contributed by atoms with van der Waals surface area (Å²) in [5.74, 6) is -6.09. The van der Waals surface area contributed by atoms with E-state index in [0.717, 1.165) is 58.3 Å². The number of carbonyl (C=O) groups is 3. The van der Waals surface area contributed by atoms with Gasteiger partial charge in [0.1, 0.15) is 67.1 Å². The van der Waals surface area contributed by atoms with Gasteiger partial charge >= 0.3 is 5.97 Å². The number of carboxylic acids is 1. The maximum atomic E-state index is 13.5. The van der Waals surface area contributed by atoms with Crippen LogP contribution in [0.15, 0.2) is 0 Å². The first-order valence-corrected chi connectivity index (χ1v) is 34.9. The standard InChI is InChI=1S/C66H124N2O21/c1-4-6-8-10-12-14-16-18-20-21-22-23-24-26-27-29-31-33-35-37-39-48(73)47(68-53(76)40-38-36-34-32-30-28-25-19-17-15-13-11-9-7-5-2)45-84-63-58(80)57(79)60(52(44-71)86-63)87-64-59(81)62(56(78)51(43-70)85-64)89-66(65(82)83)41-49(74)54(67-46(3)72)61(88-66)55(77)50(75)42-69/h47-52,54-64,69-71,73-75,77-81H,4-45H2,1-3H3,(H,67,72)(H,68,76)(H,82,83). The van der Waals surface area contributed by atoms with Crippen LogP contribution in [0.5, 0.6) is 0 Å². The number of nitrogens with one attached hydrogen (secondary N) is 2. The lowest BCUT2D eigenvalue weighted by molar-refractivity contribution is -0.386.